The molecule has 1 aliphatic heterocycles. The standard InChI is InChI=1S/C20H15Cl2NO3/c1-9-6-12-15(7-10(9)2)26-19-16(18(12)24)17(23(3)20(19)25)11-4-5-13(21)14(22)8-11/h4-8,17H,1-3H3. The van der Waals surface area contributed by atoms with Crippen molar-refractivity contribution in [1.29, 1.82) is 0 Å². The number of aryl methyl sites for hydroxylation is 2. The number of rotatable bonds is 1. The minimum absolute atomic E-state index is 0.0873. The Labute approximate surface area is 159 Å². The molecule has 1 amide bonds. The molecule has 0 aliphatic carbocycles. The van der Waals surface area contributed by atoms with Gasteiger partial charge < -0.3 is 9.32 Å². The lowest BCUT2D eigenvalue weighted by atomic mass is 9.98. The number of hydrogen-bond acceptors (Lipinski definition) is 3. The maximum Gasteiger partial charge on any atom is 0.290 e. The lowest BCUT2D eigenvalue weighted by Gasteiger charge is -2.20. The molecule has 1 aliphatic rings. The smallest absolute Gasteiger partial charge is 0.290 e. The van der Waals surface area contributed by atoms with E-state index in [1.807, 2.05) is 19.9 Å². The van der Waals surface area contributed by atoms with Crippen LogP contribution in [0.3, 0.4) is 0 Å². The van der Waals surface area contributed by atoms with E-state index in [2.05, 4.69) is 0 Å². The second-order valence-electron chi connectivity index (χ2n) is 6.60. The Morgan fingerprint density at radius 2 is 1.69 bits per heavy atom. The Kier molecular flexibility index (Phi) is 3.86. The normalized spacial score (nSPS) is 16.4. The Morgan fingerprint density at radius 3 is 2.38 bits per heavy atom. The Hall–Kier alpha value is -2.30. The van der Waals surface area contributed by atoms with E-state index in [0.717, 1.165) is 11.1 Å². The molecule has 0 radical (unpaired) electrons. The third-order valence-electron chi connectivity index (χ3n) is 4.98. The first kappa shape index (κ1) is 17.1. The van der Waals surface area contributed by atoms with Gasteiger partial charge in [0.25, 0.3) is 5.91 Å². The molecule has 0 spiro atoms. The molecule has 2 aromatic carbocycles. The van der Waals surface area contributed by atoms with E-state index in [9.17, 15) is 9.59 Å². The van der Waals surface area contributed by atoms with Crippen molar-refractivity contribution in [2.24, 2.45) is 0 Å². The first-order chi connectivity index (χ1) is 12.3. The third kappa shape index (κ3) is 2.37. The molecule has 0 saturated carbocycles. The van der Waals surface area contributed by atoms with Crippen molar-refractivity contribution in [3.63, 3.8) is 0 Å². The van der Waals surface area contributed by atoms with Gasteiger partial charge in [-0.15, -0.1) is 0 Å². The summed E-state index contributed by atoms with van der Waals surface area (Å²) in [5.74, 6) is -0.238. The molecule has 0 fully saturated rings. The predicted octanol–water partition coefficient (Wildman–Crippen LogP) is 4.89. The molecule has 4 rings (SSSR count). The molecule has 0 bridgehead atoms. The van der Waals surface area contributed by atoms with E-state index in [1.54, 1.807) is 31.3 Å². The number of carbonyl (C=O) groups excluding carboxylic acids is 1. The number of carbonyl (C=O) groups is 1. The van der Waals surface area contributed by atoms with Crippen LogP contribution in [0, 0.1) is 13.8 Å². The van der Waals surface area contributed by atoms with E-state index in [4.69, 9.17) is 27.6 Å². The SMILES string of the molecule is Cc1cc2oc3c(c(=O)c2cc1C)C(c1ccc(Cl)c(Cl)c1)N(C)C3=O. The summed E-state index contributed by atoms with van der Waals surface area (Å²) < 4.78 is 5.86. The number of nitrogens with zero attached hydrogens (tertiary/aromatic N) is 1. The molecule has 0 saturated heterocycles. The van der Waals surface area contributed by atoms with E-state index >= 15 is 0 Å². The van der Waals surface area contributed by atoms with Gasteiger partial charge in [-0.2, -0.15) is 0 Å². The number of halogens is 2. The van der Waals surface area contributed by atoms with Crippen molar-refractivity contribution < 1.29 is 9.21 Å². The molecular weight excluding hydrogens is 373 g/mol. The molecule has 4 nitrogen and oxygen atoms in total. The summed E-state index contributed by atoms with van der Waals surface area (Å²) in [6.45, 7) is 3.88. The van der Waals surface area contributed by atoms with Crippen molar-refractivity contribution in [2.45, 2.75) is 19.9 Å². The first-order valence-electron chi connectivity index (χ1n) is 8.09. The highest BCUT2D eigenvalue weighted by Gasteiger charge is 2.40. The van der Waals surface area contributed by atoms with Gasteiger partial charge in [-0.3, -0.25) is 9.59 Å². The van der Waals surface area contributed by atoms with E-state index in [1.165, 1.54) is 4.90 Å². The number of hydrogen-bond donors (Lipinski definition) is 0. The van der Waals surface area contributed by atoms with Gasteiger partial charge in [0.2, 0.25) is 5.76 Å². The lowest BCUT2D eigenvalue weighted by molar-refractivity contribution is 0.0771. The summed E-state index contributed by atoms with van der Waals surface area (Å²) >= 11 is 12.1. The highest BCUT2D eigenvalue weighted by atomic mass is 35.5. The van der Waals surface area contributed by atoms with Crippen molar-refractivity contribution in [3.05, 3.63) is 78.6 Å². The highest BCUT2D eigenvalue weighted by Crippen LogP contribution is 2.38. The molecule has 1 aromatic heterocycles. The van der Waals surface area contributed by atoms with Crippen LogP contribution in [0.5, 0.6) is 0 Å². The van der Waals surface area contributed by atoms with Crippen LogP contribution in [-0.4, -0.2) is 17.9 Å². The van der Waals surface area contributed by atoms with Crippen molar-refractivity contribution in [1.82, 2.24) is 4.90 Å². The fraction of sp³-hybridized carbons (Fsp3) is 0.200. The van der Waals surface area contributed by atoms with Crippen LogP contribution in [0.4, 0.5) is 0 Å². The lowest BCUT2D eigenvalue weighted by Crippen LogP contribution is -2.25. The zero-order chi connectivity index (χ0) is 18.7. The number of benzene rings is 2. The van der Waals surface area contributed by atoms with E-state index in [-0.39, 0.29) is 17.1 Å². The third-order valence-corrected chi connectivity index (χ3v) is 5.72. The van der Waals surface area contributed by atoms with Crippen LogP contribution < -0.4 is 5.43 Å². The highest BCUT2D eigenvalue weighted by molar-refractivity contribution is 6.42. The summed E-state index contributed by atoms with van der Waals surface area (Å²) in [5.41, 5.74) is 3.27. The monoisotopic (exact) mass is 387 g/mol. The van der Waals surface area contributed by atoms with Crippen LogP contribution in [0.15, 0.2) is 39.5 Å². The minimum Gasteiger partial charge on any atom is -0.450 e. The van der Waals surface area contributed by atoms with Gasteiger partial charge >= 0.3 is 0 Å². The van der Waals surface area contributed by atoms with Crippen molar-refractivity contribution in [2.75, 3.05) is 7.05 Å². The van der Waals surface area contributed by atoms with Gasteiger partial charge in [0.15, 0.2) is 5.43 Å². The summed E-state index contributed by atoms with van der Waals surface area (Å²) in [6.07, 6.45) is 0. The summed E-state index contributed by atoms with van der Waals surface area (Å²) in [6, 6.07) is 8.15. The molecule has 3 aromatic rings. The number of amides is 1. The fourth-order valence-electron chi connectivity index (χ4n) is 3.42. The number of fused-ring (bicyclic) bond motifs is 2. The van der Waals surface area contributed by atoms with E-state index in [0.29, 0.717) is 32.1 Å². The summed E-state index contributed by atoms with van der Waals surface area (Å²) in [4.78, 5) is 27.4. The average molecular weight is 388 g/mol. The van der Waals surface area contributed by atoms with Gasteiger partial charge in [-0.25, -0.2) is 0 Å². The maximum absolute atomic E-state index is 13.2. The summed E-state index contributed by atoms with van der Waals surface area (Å²) in [5, 5.41) is 1.26. The van der Waals surface area contributed by atoms with Crippen LogP contribution in [0.1, 0.15) is 38.9 Å². The zero-order valence-corrected chi connectivity index (χ0v) is 15.9. The van der Waals surface area contributed by atoms with Gasteiger partial charge in [0, 0.05) is 7.05 Å². The molecule has 1 unspecified atom stereocenters. The van der Waals surface area contributed by atoms with Gasteiger partial charge in [-0.05, 0) is 54.8 Å². The maximum atomic E-state index is 13.2. The molecule has 132 valence electrons. The van der Waals surface area contributed by atoms with Crippen molar-refractivity contribution >= 4 is 40.1 Å². The van der Waals surface area contributed by atoms with Crippen LogP contribution in [0.25, 0.3) is 11.0 Å². The van der Waals surface area contributed by atoms with Gasteiger partial charge in [0.05, 0.1) is 27.0 Å². The van der Waals surface area contributed by atoms with Crippen LogP contribution in [0.2, 0.25) is 10.0 Å². The molecule has 2 heterocycles. The molecular formula is C20H15Cl2NO3. The largest absolute Gasteiger partial charge is 0.450 e. The predicted molar refractivity (Wildman–Crippen MR) is 102 cm³/mol. The first-order valence-corrected chi connectivity index (χ1v) is 8.85. The molecule has 6 heteroatoms. The Balaban J connectivity index is 2.03. The van der Waals surface area contributed by atoms with Crippen LogP contribution >= 0.6 is 23.2 Å². The topological polar surface area (TPSA) is 50.5 Å². The second kappa shape index (κ2) is 5.86. The van der Waals surface area contributed by atoms with Crippen LogP contribution in [-0.2, 0) is 0 Å². The molecule has 1 atom stereocenters. The van der Waals surface area contributed by atoms with Crippen molar-refractivity contribution in [3.8, 4) is 0 Å². The fourth-order valence-corrected chi connectivity index (χ4v) is 3.72. The minimum atomic E-state index is -0.561. The van der Waals surface area contributed by atoms with Gasteiger partial charge in [-0.1, -0.05) is 29.3 Å². The average Bonchev–Trinajstić information content (AvgIpc) is 2.84. The Bertz CT molecular complexity index is 1150. The molecule has 26 heavy (non-hydrogen) atoms. The van der Waals surface area contributed by atoms with E-state index < -0.39 is 6.04 Å². The Morgan fingerprint density at radius 1 is 1.00 bits per heavy atom. The quantitative estimate of drug-likeness (QED) is 0.596. The zero-order valence-electron chi connectivity index (χ0n) is 14.4. The van der Waals surface area contributed by atoms with Gasteiger partial charge in [0.1, 0.15) is 5.58 Å². The second-order valence-corrected chi connectivity index (χ2v) is 7.41. The molecule has 0 N–H and O–H groups in total. The summed E-state index contributed by atoms with van der Waals surface area (Å²) in [7, 11) is 1.64.